The molecule has 98 valence electrons. The summed E-state index contributed by atoms with van der Waals surface area (Å²) in [6.45, 7) is 5.57. The van der Waals surface area contributed by atoms with E-state index in [1.807, 2.05) is 6.92 Å². The molecule has 1 heterocycles. The van der Waals surface area contributed by atoms with Crippen LogP contribution >= 0.6 is 0 Å². The molecule has 1 aliphatic heterocycles. The largest absolute Gasteiger partial charge is 0.480 e. The topological polar surface area (TPSA) is 49.8 Å². The molecule has 0 aromatic carbocycles. The second-order valence-corrected chi connectivity index (χ2v) is 5.40. The van der Waals surface area contributed by atoms with Crippen molar-refractivity contribution in [2.45, 2.75) is 63.6 Å². The van der Waals surface area contributed by atoms with Crippen molar-refractivity contribution in [1.29, 1.82) is 0 Å². The Bertz CT molecular complexity index is 286. The van der Waals surface area contributed by atoms with Crippen LogP contribution in [0.15, 0.2) is 0 Å². The zero-order chi connectivity index (χ0) is 12.5. The molecule has 2 fully saturated rings. The van der Waals surface area contributed by atoms with E-state index in [-0.39, 0.29) is 12.1 Å². The van der Waals surface area contributed by atoms with Crippen molar-refractivity contribution in [2.24, 2.45) is 0 Å². The smallest absolute Gasteiger partial charge is 0.324 e. The molecule has 0 aromatic heterocycles. The second kappa shape index (κ2) is 4.94. The summed E-state index contributed by atoms with van der Waals surface area (Å²) < 4.78 is 5.66. The van der Waals surface area contributed by atoms with E-state index < -0.39 is 11.5 Å². The van der Waals surface area contributed by atoms with Crippen LogP contribution in [0.1, 0.15) is 46.0 Å². The van der Waals surface area contributed by atoms with Crippen molar-refractivity contribution in [3.8, 4) is 0 Å². The fourth-order valence-electron chi connectivity index (χ4n) is 3.29. The molecule has 0 radical (unpaired) electrons. The van der Waals surface area contributed by atoms with Gasteiger partial charge < -0.3 is 9.84 Å². The van der Waals surface area contributed by atoms with Gasteiger partial charge in [0.1, 0.15) is 5.54 Å². The molecule has 4 nitrogen and oxygen atoms in total. The van der Waals surface area contributed by atoms with E-state index in [1.165, 1.54) is 0 Å². The van der Waals surface area contributed by atoms with Crippen LogP contribution in [0.4, 0.5) is 0 Å². The highest BCUT2D eigenvalue weighted by molar-refractivity contribution is 5.79. The third-order valence-electron chi connectivity index (χ3n) is 4.32. The number of rotatable bonds is 3. The minimum atomic E-state index is -0.637. The molecule has 17 heavy (non-hydrogen) atoms. The number of hydrogen-bond acceptors (Lipinski definition) is 3. The lowest BCUT2D eigenvalue weighted by Gasteiger charge is -2.47. The Labute approximate surface area is 103 Å². The van der Waals surface area contributed by atoms with Crippen LogP contribution in [0.3, 0.4) is 0 Å². The SMILES string of the molecule is CCC1COC(C)CN1C1(C(=O)O)CCCC1. The molecular formula is C13H23NO3. The van der Waals surface area contributed by atoms with Gasteiger partial charge in [0.25, 0.3) is 0 Å². The Morgan fingerprint density at radius 1 is 1.47 bits per heavy atom. The van der Waals surface area contributed by atoms with Gasteiger partial charge in [0.2, 0.25) is 0 Å². The predicted octanol–water partition coefficient (Wildman–Crippen LogP) is 1.88. The van der Waals surface area contributed by atoms with Crippen LogP contribution in [0.2, 0.25) is 0 Å². The number of aliphatic carboxylic acids is 1. The molecule has 2 aliphatic rings. The Hall–Kier alpha value is -0.610. The lowest BCUT2D eigenvalue weighted by molar-refractivity contribution is -0.163. The zero-order valence-corrected chi connectivity index (χ0v) is 10.8. The van der Waals surface area contributed by atoms with Crippen molar-refractivity contribution in [1.82, 2.24) is 4.90 Å². The third kappa shape index (κ3) is 2.20. The van der Waals surface area contributed by atoms with E-state index in [1.54, 1.807) is 0 Å². The summed E-state index contributed by atoms with van der Waals surface area (Å²) in [4.78, 5) is 13.9. The first kappa shape index (κ1) is 12.8. The van der Waals surface area contributed by atoms with E-state index >= 15 is 0 Å². The highest BCUT2D eigenvalue weighted by Gasteiger charge is 2.50. The van der Waals surface area contributed by atoms with Crippen molar-refractivity contribution in [3.63, 3.8) is 0 Å². The number of nitrogens with zero attached hydrogens (tertiary/aromatic N) is 1. The quantitative estimate of drug-likeness (QED) is 0.819. The Balaban J connectivity index is 2.23. The molecule has 1 saturated heterocycles. The van der Waals surface area contributed by atoms with Crippen LogP contribution in [-0.4, -0.2) is 46.8 Å². The summed E-state index contributed by atoms with van der Waals surface area (Å²) >= 11 is 0. The molecule has 1 saturated carbocycles. The standard InChI is InChI=1S/C13H23NO3/c1-3-11-9-17-10(2)8-14(11)13(12(15)16)6-4-5-7-13/h10-11H,3-9H2,1-2H3,(H,15,16). The van der Waals surface area contributed by atoms with Gasteiger partial charge >= 0.3 is 5.97 Å². The minimum Gasteiger partial charge on any atom is -0.480 e. The number of morpholine rings is 1. The second-order valence-electron chi connectivity index (χ2n) is 5.40. The van der Waals surface area contributed by atoms with Crippen LogP contribution in [0, 0.1) is 0 Å². The maximum Gasteiger partial charge on any atom is 0.324 e. The van der Waals surface area contributed by atoms with E-state index in [4.69, 9.17) is 4.74 Å². The highest BCUT2D eigenvalue weighted by Crippen LogP contribution is 2.38. The lowest BCUT2D eigenvalue weighted by atomic mass is 9.91. The van der Waals surface area contributed by atoms with Gasteiger partial charge in [0.05, 0.1) is 12.7 Å². The van der Waals surface area contributed by atoms with Crippen molar-refractivity contribution in [3.05, 3.63) is 0 Å². The first-order chi connectivity index (χ1) is 8.10. The predicted molar refractivity (Wildman–Crippen MR) is 65.0 cm³/mol. The van der Waals surface area contributed by atoms with E-state index in [0.717, 1.165) is 38.6 Å². The highest BCUT2D eigenvalue weighted by atomic mass is 16.5. The van der Waals surface area contributed by atoms with Crippen LogP contribution in [0.25, 0.3) is 0 Å². The summed E-state index contributed by atoms with van der Waals surface area (Å²) in [7, 11) is 0. The van der Waals surface area contributed by atoms with Crippen LogP contribution in [0.5, 0.6) is 0 Å². The Morgan fingerprint density at radius 2 is 2.12 bits per heavy atom. The van der Waals surface area contributed by atoms with Gasteiger partial charge in [0, 0.05) is 12.6 Å². The number of ether oxygens (including phenoxy) is 1. The van der Waals surface area contributed by atoms with Gasteiger partial charge in [-0.25, -0.2) is 0 Å². The first-order valence-electron chi connectivity index (χ1n) is 6.72. The van der Waals surface area contributed by atoms with E-state index in [2.05, 4.69) is 11.8 Å². The molecule has 2 rings (SSSR count). The molecule has 4 heteroatoms. The summed E-state index contributed by atoms with van der Waals surface area (Å²) in [5.41, 5.74) is -0.612. The van der Waals surface area contributed by atoms with E-state index in [0.29, 0.717) is 6.61 Å². The summed E-state index contributed by atoms with van der Waals surface area (Å²) in [5, 5.41) is 9.63. The zero-order valence-electron chi connectivity index (χ0n) is 10.8. The average Bonchev–Trinajstić information content (AvgIpc) is 2.79. The van der Waals surface area contributed by atoms with Crippen molar-refractivity contribution < 1.29 is 14.6 Å². The summed E-state index contributed by atoms with van der Waals surface area (Å²) in [5.74, 6) is -0.637. The fourth-order valence-corrected chi connectivity index (χ4v) is 3.29. The van der Waals surface area contributed by atoms with Gasteiger partial charge in [-0.2, -0.15) is 0 Å². The molecule has 1 aliphatic carbocycles. The summed E-state index contributed by atoms with van der Waals surface area (Å²) in [6, 6.07) is 0.264. The Kier molecular flexibility index (Phi) is 3.73. The summed E-state index contributed by atoms with van der Waals surface area (Å²) in [6.07, 6.45) is 4.77. The molecule has 2 atom stereocenters. The molecule has 1 N–H and O–H groups in total. The lowest BCUT2D eigenvalue weighted by Crippen LogP contribution is -2.62. The van der Waals surface area contributed by atoms with Crippen molar-refractivity contribution in [2.75, 3.05) is 13.2 Å². The normalized spacial score (nSPS) is 33.8. The number of hydrogen-bond donors (Lipinski definition) is 1. The molecule has 0 bridgehead atoms. The van der Waals surface area contributed by atoms with Crippen LogP contribution in [-0.2, 0) is 9.53 Å². The Morgan fingerprint density at radius 3 is 2.65 bits per heavy atom. The van der Waals surface area contributed by atoms with Gasteiger partial charge in [-0.3, -0.25) is 9.69 Å². The molecular weight excluding hydrogens is 218 g/mol. The molecule has 2 unspecified atom stereocenters. The fraction of sp³-hybridized carbons (Fsp3) is 0.923. The maximum absolute atomic E-state index is 11.7. The van der Waals surface area contributed by atoms with Gasteiger partial charge in [0.15, 0.2) is 0 Å². The van der Waals surface area contributed by atoms with Crippen LogP contribution < -0.4 is 0 Å². The minimum absolute atomic E-state index is 0.148. The molecule has 0 aromatic rings. The maximum atomic E-state index is 11.7. The van der Waals surface area contributed by atoms with E-state index in [9.17, 15) is 9.90 Å². The molecule has 0 spiro atoms. The van der Waals surface area contributed by atoms with Gasteiger partial charge in [-0.15, -0.1) is 0 Å². The monoisotopic (exact) mass is 241 g/mol. The number of carboxylic acids is 1. The first-order valence-corrected chi connectivity index (χ1v) is 6.72. The molecule has 0 amide bonds. The average molecular weight is 241 g/mol. The number of carbonyl (C=O) groups is 1. The van der Waals surface area contributed by atoms with Gasteiger partial charge in [-0.05, 0) is 26.2 Å². The van der Waals surface area contributed by atoms with Gasteiger partial charge in [-0.1, -0.05) is 19.8 Å². The van der Waals surface area contributed by atoms with Crippen molar-refractivity contribution >= 4 is 5.97 Å². The number of carboxylic acid groups (broad SMARTS) is 1. The third-order valence-corrected chi connectivity index (χ3v) is 4.32.